The fourth-order valence-electron chi connectivity index (χ4n) is 1.90. The predicted octanol–water partition coefficient (Wildman–Crippen LogP) is 3.63. The number of nitrogens with zero attached hydrogens (tertiary/aromatic N) is 2. The molecule has 102 valence electrons. The van der Waals surface area contributed by atoms with E-state index in [0.717, 1.165) is 21.7 Å². The van der Waals surface area contributed by atoms with Crippen molar-refractivity contribution in [3.8, 4) is 11.6 Å². The van der Waals surface area contributed by atoms with Crippen molar-refractivity contribution in [2.75, 3.05) is 19.5 Å². The van der Waals surface area contributed by atoms with Crippen LogP contribution in [0.25, 0.3) is 22.5 Å². The number of ether oxygens (including phenoxy) is 1. The number of methoxy groups -OCH3 is 1. The first kappa shape index (κ1) is 13.1. The third-order valence-electron chi connectivity index (χ3n) is 2.84. The Morgan fingerprint density at radius 1 is 1.15 bits per heavy atom. The summed E-state index contributed by atoms with van der Waals surface area (Å²) in [6.07, 6.45) is 1.63. The molecule has 0 aliphatic heterocycles. The van der Waals surface area contributed by atoms with Crippen LogP contribution < -0.4 is 0 Å². The smallest absolute Gasteiger partial charge is 0.197 e. The van der Waals surface area contributed by atoms with Gasteiger partial charge in [-0.25, -0.2) is 9.97 Å². The number of fused-ring (bicyclic) bond motifs is 1. The normalized spacial score (nSPS) is 11.1. The number of furan rings is 1. The lowest BCUT2D eigenvalue weighted by Gasteiger charge is -2.07. The van der Waals surface area contributed by atoms with Crippen molar-refractivity contribution in [2.45, 2.75) is 5.03 Å². The topological polar surface area (TPSA) is 48.2 Å². The Balaban J connectivity index is 2.05. The van der Waals surface area contributed by atoms with Gasteiger partial charge in [-0.15, -0.1) is 11.8 Å². The molecule has 0 atom stereocenters. The van der Waals surface area contributed by atoms with Crippen LogP contribution in [0.5, 0.6) is 0 Å². The summed E-state index contributed by atoms with van der Waals surface area (Å²) in [5.41, 5.74) is 0.925. The van der Waals surface area contributed by atoms with Crippen LogP contribution in [-0.4, -0.2) is 29.4 Å². The van der Waals surface area contributed by atoms with Crippen LogP contribution in [0, 0.1) is 0 Å². The maximum Gasteiger partial charge on any atom is 0.197 e. The first-order chi connectivity index (χ1) is 9.88. The molecule has 0 aliphatic carbocycles. The maximum atomic E-state index is 5.39. The lowest BCUT2D eigenvalue weighted by Crippen LogP contribution is -1.96. The molecule has 3 rings (SSSR count). The van der Waals surface area contributed by atoms with Crippen molar-refractivity contribution in [1.82, 2.24) is 9.97 Å². The molecule has 5 heteroatoms. The van der Waals surface area contributed by atoms with Crippen molar-refractivity contribution in [3.05, 3.63) is 42.7 Å². The average Bonchev–Trinajstić information content (AvgIpc) is 3.01. The zero-order valence-electron chi connectivity index (χ0n) is 11.1. The van der Waals surface area contributed by atoms with E-state index in [1.165, 1.54) is 0 Å². The highest BCUT2D eigenvalue weighted by atomic mass is 32.2. The number of rotatable bonds is 5. The van der Waals surface area contributed by atoms with E-state index in [9.17, 15) is 0 Å². The van der Waals surface area contributed by atoms with Crippen molar-refractivity contribution in [1.29, 1.82) is 0 Å². The van der Waals surface area contributed by atoms with Gasteiger partial charge in [-0.2, -0.15) is 0 Å². The minimum atomic E-state index is 0.619. The summed E-state index contributed by atoms with van der Waals surface area (Å²) in [4.78, 5) is 9.17. The molecule has 0 fully saturated rings. The van der Waals surface area contributed by atoms with Gasteiger partial charge in [-0.05, 0) is 18.2 Å². The number of aromatic nitrogens is 2. The zero-order chi connectivity index (χ0) is 13.8. The summed E-state index contributed by atoms with van der Waals surface area (Å²) < 4.78 is 10.5. The summed E-state index contributed by atoms with van der Waals surface area (Å²) in [7, 11) is 1.70. The number of hydrogen-bond donors (Lipinski definition) is 0. The SMILES string of the molecule is COCCSc1nc(-c2ccco2)nc2ccccc12. The number of benzene rings is 1. The van der Waals surface area contributed by atoms with Gasteiger partial charge in [0, 0.05) is 18.2 Å². The second kappa shape index (κ2) is 6.07. The maximum absolute atomic E-state index is 5.39. The summed E-state index contributed by atoms with van der Waals surface area (Å²) in [5, 5.41) is 2.02. The van der Waals surface area contributed by atoms with E-state index in [2.05, 4.69) is 9.97 Å². The number of hydrogen-bond acceptors (Lipinski definition) is 5. The summed E-state index contributed by atoms with van der Waals surface area (Å²) in [6.45, 7) is 0.694. The summed E-state index contributed by atoms with van der Waals surface area (Å²) in [6, 6.07) is 11.7. The van der Waals surface area contributed by atoms with Crippen molar-refractivity contribution in [3.63, 3.8) is 0 Å². The highest BCUT2D eigenvalue weighted by Gasteiger charge is 2.11. The second-order valence-corrected chi connectivity index (χ2v) is 5.27. The molecule has 0 unspecified atom stereocenters. The molecule has 20 heavy (non-hydrogen) atoms. The van der Waals surface area contributed by atoms with E-state index in [-0.39, 0.29) is 0 Å². The van der Waals surface area contributed by atoms with Crippen LogP contribution in [0.3, 0.4) is 0 Å². The first-order valence-corrected chi connectivity index (χ1v) is 7.29. The zero-order valence-corrected chi connectivity index (χ0v) is 11.9. The van der Waals surface area contributed by atoms with E-state index in [0.29, 0.717) is 18.2 Å². The van der Waals surface area contributed by atoms with Crippen molar-refractivity contribution < 1.29 is 9.15 Å². The third kappa shape index (κ3) is 2.69. The van der Waals surface area contributed by atoms with Gasteiger partial charge in [-0.3, -0.25) is 0 Å². The molecule has 0 amide bonds. The van der Waals surface area contributed by atoms with Gasteiger partial charge in [-0.1, -0.05) is 18.2 Å². The molecular weight excluding hydrogens is 272 g/mol. The molecule has 3 aromatic rings. The van der Waals surface area contributed by atoms with Crippen LogP contribution in [0.1, 0.15) is 0 Å². The monoisotopic (exact) mass is 286 g/mol. The van der Waals surface area contributed by atoms with E-state index in [1.54, 1.807) is 25.1 Å². The minimum absolute atomic E-state index is 0.619. The van der Waals surface area contributed by atoms with Gasteiger partial charge in [0.05, 0.1) is 18.4 Å². The molecule has 0 saturated carbocycles. The molecule has 4 nitrogen and oxygen atoms in total. The molecule has 1 aromatic carbocycles. The second-order valence-electron chi connectivity index (χ2n) is 4.19. The lowest BCUT2D eigenvalue weighted by atomic mass is 10.2. The van der Waals surface area contributed by atoms with Gasteiger partial charge in [0.15, 0.2) is 11.6 Å². The molecule has 0 aliphatic rings. The van der Waals surface area contributed by atoms with Crippen LogP contribution in [-0.2, 0) is 4.74 Å². The van der Waals surface area contributed by atoms with Gasteiger partial charge in [0.2, 0.25) is 0 Å². The minimum Gasteiger partial charge on any atom is -0.461 e. The number of para-hydroxylation sites is 1. The van der Waals surface area contributed by atoms with E-state index >= 15 is 0 Å². The Bertz CT molecular complexity index is 698. The molecule has 0 bridgehead atoms. The Hall–Kier alpha value is -1.85. The fraction of sp³-hybridized carbons (Fsp3) is 0.200. The Labute approximate surface area is 121 Å². The lowest BCUT2D eigenvalue weighted by molar-refractivity contribution is 0.218. The Kier molecular flexibility index (Phi) is 3.99. The fourth-order valence-corrected chi connectivity index (χ4v) is 2.82. The molecular formula is C15H14N2O2S. The van der Waals surface area contributed by atoms with E-state index in [1.807, 2.05) is 36.4 Å². The third-order valence-corrected chi connectivity index (χ3v) is 3.79. The van der Waals surface area contributed by atoms with Gasteiger partial charge < -0.3 is 9.15 Å². The van der Waals surface area contributed by atoms with Crippen LogP contribution in [0.4, 0.5) is 0 Å². The quantitative estimate of drug-likeness (QED) is 0.407. The van der Waals surface area contributed by atoms with Gasteiger partial charge in [0.25, 0.3) is 0 Å². The summed E-state index contributed by atoms with van der Waals surface area (Å²) in [5.74, 6) is 2.16. The summed E-state index contributed by atoms with van der Waals surface area (Å²) >= 11 is 1.67. The standard InChI is InChI=1S/C15H14N2O2S/c1-18-9-10-20-15-11-5-2-3-6-12(11)16-14(17-15)13-7-4-8-19-13/h2-8H,9-10H2,1H3. The van der Waals surface area contributed by atoms with Gasteiger partial charge >= 0.3 is 0 Å². The molecule has 2 aromatic heterocycles. The van der Waals surface area contributed by atoms with Gasteiger partial charge in [0.1, 0.15) is 5.03 Å². The molecule has 0 radical (unpaired) electrons. The van der Waals surface area contributed by atoms with Crippen LogP contribution in [0.15, 0.2) is 52.1 Å². The van der Waals surface area contributed by atoms with E-state index < -0.39 is 0 Å². The van der Waals surface area contributed by atoms with Crippen molar-refractivity contribution >= 4 is 22.7 Å². The van der Waals surface area contributed by atoms with Crippen LogP contribution >= 0.6 is 11.8 Å². The molecule has 0 N–H and O–H groups in total. The number of thioether (sulfide) groups is 1. The van der Waals surface area contributed by atoms with Crippen LogP contribution in [0.2, 0.25) is 0 Å². The molecule has 0 spiro atoms. The first-order valence-electron chi connectivity index (χ1n) is 6.31. The Morgan fingerprint density at radius 3 is 2.85 bits per heavy atom. The largest absolute Gasteiger partial charge is 0.461 e. The average molecular weight is 286 g/mol. The molecule has 2 heterocycles. The van der Waals surface area contributed by atoms with Crippen molar-refractivity contribution in [2.24, 2.45) is 0 Å². The predicted molar refractivity (Wildman–Crippen MR) is 79.8 cm³/mol. The van der Waals surface area contributed by atoms with E-state index in [4.69, 9.17) is 9.15 Å². The molecule has 0 saturated heterocycles. The highest BCUT2D eigenvalue weighted by molar-refractivity contribution is 7.99. The highest BCUT2D eigenvalue weighted by Crippen LogP contribution is 2.28. The Morgan fingerprint density at radius 2 is 2.05 bits per heavy atom.